The smallest absolute Gasteiger partial charge is 0.255 e. The lowest BCUT2D eigenvalue weighted by Crippen LogP contribution is -2.23. The molecule has 5 rings (SSSR count). The second-order valence-corrected chi connectivity index (χ2v) is 10.2. The van der Waals surface area contributed by atoms with Crippen LogP contribution in [0.1, 0.15) is 15.9 Å². The number of amides is 1. The first-order valence-corrected chi connectivity index (χ1v) is 12.8. The second-order valence-electron chi connectivity index (χ2n) is 7.59. The maximum Gasteiger partial charge on any atom is 0.255 e. The van der Waals surface area contributed by atoms with Crippen LogP contribution in [-0.4, -0.2) is 23.7 Å². The maximum absolute atomic E-state index is 12.8. The van der Waals surface area contributed by atoms with Gasteiger partial charge in [-0.3, -0.25) is 9.20 Å². The molecule has 1 amide bonds. The minimum absolute atomic E-state index is 0.0335. The molecular weight excluding hydrogens is 468 g/mol. The zero-order valence-electron chi connectivity index (χ0n) is 17.9. The summed E-state index contributed by atoms with van der Waals surface area (Å²) in [6, 6.07) is 22.6. The minimum atomic E-state index is -3.77. The Morgan fingerprint density at radius 2 is 1.76 bits per heavy atom. The van der Waals surface area contributed by atoms with Crippen molar-refractivity contribution in [2.24, 2.45) is 0 Å². The largest absolute Gasteiger partial charge is 0.322 e. The normalized spacial score (nSPS) is 11.5. The van der Waals surface area contributed by atoms with Crippen molar-refractivity contribution in [3.8, 4) is 11.3 Å². The van der Waals surface area contributed by atoms with E-state index in [0.717, 1.165) is 21.8 Å². The quantitative estimate of drug-likeness (QED) is 0.344. The number of benzene rings is 3. The van der Waals surface area contributed by atoms with E-state index >= 15 is 0 Å². The molecule has 0 fully saturated rings. The van der Waals surface area contributed by atoms with Crippen LogP contribution in [0.25, 0.3) is 16.2 Å². The molecule has 7 nitrogen and oxygen atoms in total. The van der Waals surface area contributed by atoms with E-state index in [1.165, 1.54) is 12.1 Å². The summed E-state index contributed by atoms with van der Waals surface area (Å²) in [7, 11) is -3.77. The first kappa shape index (κ1) is 22.0. The lowest BCUT2D eigenvalue weighted by atomic mass is 10.1. The summed E-state index contributed by atoms with van der Waals surface area (Å²) in [6.07, 6.45) is 3.91. The van der Waals surface area contributed by atoms with Gasteiger partial charge in [-0.05, 0) is 35.9 Å². The second kappa shape index (κ2) is 9.22. The number of carbonyl (C=O) groups is 1. The Bertz CT molecular complexity index is 1530. The van der Waals surface area contributed by atoms with Crippen LogP contribution in [0.4, 0.5) is 5.69 Å². The number of fused-ring (bicyclic) bond motifs is 1. The van der Waals surface area contributed by atoms with Crippen molar-refractivity contribution in [1.29, 1.82) is 0 Å². The number of nitrogens with zero attached hydrogens (tertiary/aromatic N) is 2. The van der Waals surface area contributed by atoms with Gasteiger partial charge in [-0.2, -0.15) is 0 Å². The van der Waals surface area contributed by atoms with E-state index in [9.17, 15) is 13.2 Å². The molecule has 0 aliphatic rings. The molecule has 0 bridgehead atoms. The lowest BCUT2D eigenvalue weighted by molar-refractivity contribution is 0.102. The van der Waals surface area contributed by atoms with E-state index in [0.29, 0.717) is 5.69 Å². The third kappa shape index (κ3) is 4.76. The van der Waals surface area contributed by atoms with Gasteiger partial charge in [0, 0.05) is 41.1 Å². The molecule has 3 aromatic carbocycles. The number of hydrogen-bond acceptors (Lipinski definition) is 5. The van der Waals surface area contributed by atoms with Gasteiger partial charge in [-0.15, -0.1) is 11.3 Å². The predicted octanol–water partition coefficient (Wildman–Crippen LogP) is 4.79. The molecule has 0 spiro atoms. The number of carbonyl (C=O) groups excluding carboxylic acids is 1. The van der Waals surface area contributed by atoms with Gasteiger partial charge in [-0.25, -0.2) is 18.1 Å². The Balaban J connectivity index is 1.27. The zero-order valence-corrected chi connectivity index (χ0v) is 19.5. The number of thiazole rings is 1. The van der Waals surface area contributed by atoms with Crippen LogP contribution in [0.3, 0.4) is 0 Å². The molecule has 170 valence electrons. The summed E-state index contributed by atoms with van der Waals surface area (Å²) in [5, 5.41) is 4.79. The first-order valence-electron chi connectivity index (χ1n) is 10.5. The standard InChI is InChI=1S/C25H20N4O3S2/c30-24(27-21-11-9-19(10-12-21)23-17-29-13-14-33-25(29)28-23)20-7-4-8-22(15-20)34(31,32)26-16-18-5-2-1-3-6-18/h1-15,17,26H,16H2,(H,27,30). The Labute approximate surface area is 200 Å². The number of hydrogen-bond donors (Lipinski definition) is 2. The van der Waals surface area contributed by atoms with Crippen molar-refractivity contribution < 1.29 is 13.2 Å². The van der Waals surface area contributed by atoms with E-state index in [-0.39, 0.29) is 17.0 Å². The molecule has 0 aliphatic carbocycles. The highest BCUT2D eigenvalue weighted by molar-refractivity contribution is 7.89. The molecule has 0 aliphatic heterocycles. The zero-order chi connectivity index (χ0) is 23.5. The summed E-state index contributed by atoms with van der Waals surface area (Å²) in [5.74, 6) is -0.393. The molecule has 0 saturated carbocycles. The van der Waals surface area contributed by atoms with Crippen molar-refractivity contribution in [2.75, 3.05) is 5.32 Å². The third-order valence-electron chi connectivity index (χ3n) is 5.25. The molecule has 2 heterocycles. The molecule has 0 radical (unpaired) electrons. The average molecular weight is 489 g/mol. The van der Waals surface area contributed by atoms with Crippen molar-refractivity contribution in [3.63, 3.8) is 0 Å². The van der Waals surface area contributed by atoms with Crippen LogP contribution in [0.2, 0.25) is 0 Å². The number of sulfonamides is 1. The Morgan fingerprint density at radius 3 is 2.53 bits per heavy atom. The molecule has 9 heteroatoms. The molecule has 0 saturated heterocycles. The van der Waals surface area contributed by atoms with Crippen LogP contribution in [0.15, 0.2) is 102 Å². The molecular formula is C25H20N4O3S2. The molecule has 2 aromatic heterocycles. The highest BCUT2D eigenvalue weighted by Gasteiger charge is 2.16. The third-order valence-corrected chi connectivity index (χ3v) is 7.42. The molecule has 0 unspecified atom stereocenters. The minimum Gasteiger partial charge on any atom is -0.322 e. The van der Waals surface area contributed by atoms with Gasteiger partial charge in [0.25, 0.3) is 5.91 Å². The number of aromatic nitrogens is 2. The fourth-order valence-corrected chi connectivity index (χ4v) is 5.22. The van der Waals surface area contributed by atoms with E-state index in [2.05, 4.69) is 15.0 Å². The summed E-state index contributed by atoms with van der Waals surface area (Å²) in [4.78, 5) is 18.3. The van der Waals surface area contributed by atoms with Gasteiger partial charge >= 0.3 is 0 Å². The van der Waals surface area contributed by atoms with Crippen LogP contribution >= 0.6 is 11.3 Å². The number of anilines is 1. The van der Waals surface area contributed by atoms with Gasteiger partial charge in [0.1, 0.15) is 0 Å². The molecule has 5 aromatic rings. The predicted molar refractivity (Wildman–Crippen MR) is 133 cm³/mol. The van der Waals surface area contributed by atoms with Gasteiger partial charge in [0.05, 0.1) is 10.6 Å². The maximum atomic E-state index is 12.8. The van der Waals surface area contributed by atoms with Crippen molar-refractivity contribution in [3.05, 3.63) is 108 Å². The van der Waals surface area contributed by atoms with Gasteiger partial charge in [0.2, 0.25) is 10.0 Å². The van der Waals surface area contributed by atoms with Gasteiger partial charge in [0.15, 0.2) is 4.96 Å². The van der Waals surface area contributed by atoms with Crippen molar-refractivity contribution >= 4 is 37.9 Å². The molecule has 2 N–H and O–H groups in total. The number of rotatable bonds is 7. The van der Waals surface area contributed by atoms with E-state index < -0.39 is 15.9 Å². The van der Waals surface area contributed by atoms with Crippen LogP contribution in [-0.2, 0) is 16.6 Å². The van der Waals surface area contributed by atoms with Crippen molar-refractivity contribution in [1.82, 2.24) is 14.1 Å². The highest BCUT2D eigenvalue weighted by atomic mass is 32.2. The fraction of sp³-hybridized carbons (Fsp3) is 0.0400. The van der Waals surface area contributed by atoms with E-state index in [1.807, 2.05) is 64.6 Å². The Hall–Kier alpha value is -3.79. The summed E-state index contributed by atoms with van der Waals surface area (Å²) in [6.45, 7) is 0.167. The summed E-state index contributed by atoms with van der Waals surface area (Å²) >= 11 is 1.56. The highest BCUT2D eigenvalue weighted by Crippen LogP contribution is 2.23. The first-order chi connectivity index (χ1) is 16.5. The topological polar surface area (TPSA) is 92.6 Å². The number of imidazole rings is 1. The average Bonchev–Trinajstić information content (AvgIpc) is 3.47. The summed E-state index contributed by atoms with van der Waals surface area (Å²) in [5.41, 5.74) is 3.49. The van der Waals surface area contributed by atoms with E-state index in [1.54, 1.807) is 35.6 Å². The van der Waals surface area contributed by atoms with Gasteiger partial charge in [-0.1, -0.05) is 48.5 Å². The summed E-state index contributed by atoms with van der Waals surface area (Å²) < 4.78 is 29.9. The van der Waals surface area contributed by atoms with Crippen LogP contribution in [0.5, 0.6) is 0 Å². The fourth-order valence-electron chi connectivity index (χ4n) is 3.46. The number of nitrogens with one attached hydrogen (secondary N) is 2. The lowest BCUT2D eigenvalue weighted by Gasteiger charge is -2.09. The van der Waals surface area contributed by atoms with Crippen LogP contribution < -0.4 is 10.0 Å². The Morgan fingerprint density at radius 1 is 0.971 bits per heavy atom. The molecule has 34 heavy (non-hydrogen) atoms. The SMILES string of the molecule is O=C(Nc1ccc(-c2cn3ccsc3n2)cc1)c1cccc(S(=O)(=O)NCc2ccccc2)c1. The molecule has 0 atom stereocenters. The van der Waals surface area contributed by atoms with Gasteiger partial charge < -0.3 is 5.32 Å². The Kier molecular flexibility index (Phi) is 5.97. The van der Waals surface area contributed by atoms with Crippen molar-refractivity contribution in [2.45, 2.75) is 11.4 Å². The van der Waals surface area contributed by atoms with Crippen LogP contribution in [0, 0.1) is 0 Å². The van der Waals surface area contributed by atoms with E-state index in [4.69, 9.17) is 0 Å². The monoisotopic (exact) mass is 488 g/mol.